The number of rotatable bonds is 5. The topological polar surface area (TPSA) is 105 Å². The zero-order chi connectivity index (χ0) is 34.5. The van der Waals surface area contributed by atoms with E-state index in [0.29, 0.717) is 31.3 Å². The van der Waals surface area contributed by atoms with Gasteiger partial charge in [0, 0.05) is 25.4 Å². The number of alkyl halides is 9. The van der Waals surface area contributed by atoms with Crippen molar-refractivity contribution in [3.05, 3.63) is 81.9 Å². The number of nitrogens with zero attached hydrogens (tertiary/aromatic N) is 4. The maximum absolute atomic E-state index is 13.8. The summed E-state index contributed by atoms with van der Waals surface area (Å²) < 4.78 is 129. The molecule has 0 spiro atoms. The van der Waals surface area contributed by atoms with E-state index in [1.165, 1.54) is 6.20 Å². The van der Waals surface area contributed by atoms with E-state index in [4.69, 9.17) is 10.5 Å². The zero-order valence-electron chi connectivity index (χ0n) is 24.6. The Morgan fingerprint density at radius 3 is 2.06 bits per heavy atom. The van der Waals surface area contributed by atoms with Gasteiger partial charge in [0.15, 0.2) is 0 Å². The molecule has 8 nitrogen and oxygen atoms in total. The first kappa shape index (κ1) is 34.2. The van der Waals surface area contributed by atoms with Crippen molar-refractivity contribution < 1.29 is 54.2 Å². The second-order valence-corrected chi connectivity index (χ2v) is 11.4. The Morgan fingerprint density at radius 1 is 0.936 bits per heavy atom. The zero-order valence-corrected chi connectivity index (χ0v) is 24.6. The Bertz CT molecular complexity index is 1620. The van der Waals surface area contributed by atoms with Crippen LogP contribution in [0.5, 0.6) is 0 Å². The third-order valence-corrected chi connectivity index (χ3v) is 8.32. The minimum absolute atomic E-state index is 0.00870. The molecule has 2 aliphatic rings. The van der Waals surface area contributed by atoms with Gasteiger partial charge in [-0.15, -0.1) is 0 Å². The Labute approximate surface area is 262 Å². The SMILES string of the molecule is CCC1(N)CC(c2ncc(N3CCOCC3)c(Cc3cc(C(F)(F)F)cc(C(F)(F)F)c3)n2)c2cc(C(F)(F)F)ccc2N1C(=O)O. The smallest absolute Gasteiger partial charge is 0.416 e. The highest BCUT2D eigenvalue weighted by molar-refractivity contribution is 5.90. The van der Waals surface area contributed by atoms with E-state index in [1.54, 1.807) is 11.8 Å². The number of hydrogen-bond donors (Lipinski definition) is 2. The maximum atomic E-state index is 13.8. The Kier molecular flexibility index (Phi) is 8.85. The van der Waals surface area contributed by atoms with Crippen LogP contribution < -0.4 is 15.5 Å². The van der Waals surface area contributed by atoms with E-state index in [1.807, 2.05) is 0 Å². The molecule has 2 atom stereocenters. The normalized spacial score (nSPS) is 20.7. The van der Waals surface area contributed by atoms with Crippen LogP contribution in [0.2, 0.25) is 0 Å². The van der Waals surface area contributed by atoms with E-state index < -0.39 is 59.3 Å². The van der Waals surface area contributed by atoms with E-state index in [9.17, 15) is 49.4 Å². The summed E-state index contributed by atoms with van der Waals surface area (Å²) in [5, 5.41) is 10.0. The van der Waals surface area contributed by atoms with Crippen LogP contribution >= 0.6 is 0 Å². The Morgan fingerprint density at radius 2 is 1.53 bits per heavy atom. The number of nitrogens with two attached hydrogens (primary N) is 1. The number of ether oxygens (including phenoxy) is 1. The molecular weight excluding hydrogens is 649 g/mol. The molecule has 1 amide bonds. The van der Waals surface area contributed by atoms with E-state index >= 15 is 0 Å². The molecular formula is C30H28F9N5O3. The quantitative estimate of drug-likeness (QED) is 0.279. The lowest BCUT2D eigenvalue weighted by molar-refractivity contribution is -0.143. The van der Waals surface area contributed by atoms with E-state index in [0.717, 1.165) is 17.0 Å². The van der Waals surface area contributed by atoms with Gasteiger partial charge in [0.1, 0.15) is 11.5 Å². The van der Waals surface area contributed by atoms with Gasteiger partial charge in [0.25, 0.3) is 0 Å². The summed E-state index contributed by atoms with van der Waals surface area (Å²) >= 11 is 0. The van der Waals surface area contributed by atoms with Gasteiger partial charge in [0.2, 0.25) is 0 Å². The molecule has 0 aliphatic carbocycles. The number of benzene rings is 2. The summed E-state index contributed by atoms with van der Waals surface area (Å²) in [4.78, 5) is 23.8. The highest BCUT2D eigenvalue weighted by Gasteiger charge is 2.47. The lowest BCUT2D eigenvalue weighted by atomic mass is 9.80. The van der Waals surface area contributed by atoms with Crippen molar-refractivity contribution >= 4 is 17.5 Å². The first-order valence-electron chi connectivity index (χ1n) is 14.3. The number of anilines is 2. The second-order valence-electron chi connectivity index (χ2n) is 11.4. The number of morpholine rings is 1. The van der Waals surface area contributed by atoms with Crippen molar-refractivity contribution in [3.63, 3.8) is 0 Å². The van der Waals surface area contributed by atoms with E-state index in [2.05, 4.69) is 9.97 Å². The molecule has 3 aromatic rings. The number of halogens is 9. The predicted molar refractivity (Wildman–Crippen MR) is 150 cm³/mol. The average Bonchev–Trinajstić information content (AvgIpc) is 2.99. The van der Waals surface area contributed by atoms with Crippen molar-refractivity contribution in [1.29, 1.82) is 0 Å². The minimum Gasteiger partial charge on any atom is -0.465 e. The summed E-state index contributed by atoms with van der Waals surface area (Å²) in [6.07, 6.45) is -16.0. The number of fused-ring (bicyclic) bond motifs is 1. The summed E-state index contributed by atoms with van der Waals surface area (Å²) in [7, 11) is 0. The van der Waals surface area contributed by atoms with Crippen molar-refractivity contribution in [2.75, 3.05) is 36.1 Å². The Balaban J connectivity index is 1.69. The molecule has 2 unspecified atom stereocenters. The molecule has 3 N–H and O–H groups in total. The van der Waals surface area contributed by atoms with Crippen molar-refractivity contribution in [1.82, 2.24) is 9.97 Å². The van der Waals surface area contributed by atoms with Crippen LogP contribution in [0.3, 0.4) is 0 Å². The first-order valence-corrected chi connectivity index (χ1v) is 14.3. The molecule has 47 heavy (non-hydrogen) atoms. The second kappa shape index (κ2) is 12.2. The fraction of sp³-hybridized carbons (Fsp3) is 0.433. The van der Waals surface area contributed by atoms with Gasteiger partial charge in [-0.3, -0.25) is 4.90 Å². The van der Waals surface area contributed by atoms with Crippen LogP contribution in [-0.4, -0.2) is 53.1 Å². The van der Waals surface area contributed by atoms with Gasteiger partial charge < -0.3 is 20.5 Å². The molecule has 5 rings (SSSR count). The van der Waals surface area contributed by atoms with Crippen LogP contribution in [-0.2, 0) is 29.7 Å². The van der Waals surface area contributed by atoms with Crippen LogP contribution in [0.25, 0.3) is 0 Å². The highest BCUT2D eigenvalue weighted by atomic mass is 19.4. The van der Waals surface area contributed by atoms with Gasteiger partial charge in [0.05, 0.1) is 53.2 Å². The fourth-order valence-corrected chi connectivity index (χ4v) is 5.94. The Hall–Kier alpha value is -4.12. The molecule has 17 heteroatoms. The first-order chi connectivity index (χ1) is 21.8. The van der Waals surface area contributed by atoms with Crippen LogP contribution in [0.15, 0.2) is 42.6 Å². The van der Waals surface area contributed by atoms with Gasteiger partial charge in [-0.25, -0.2) is 14.8 Å². The lowest BCUT2D eigenvalue weighted by Gasteiger charge is -2.46. The number of hydrogen-bond acceptors (Lipinski definition) is 6. The largest absolute Gasteiger partial charge is 0.465 e. The maximum Gasteiger partial charge on any atom is 0.416 e. The number of amides is 1. The molecule has 2 aliphatic heterocycles. The minimum atomic E-state index is -5.09. The molecule has 1 saturated heterocycles. The van der Waals surface area contributed by atoms with Gasteiger partial charge in [-0.2, -0.15) is 39.5 Å². The molecule has 0 bridgehead atoms. The molecule has 1 fully saturated rings. The highest BCUT2D eigenvalue weighted by Crippen LogP contribution is 2.47. The van der Waals surface area contributed by atoms with Gasteiger partial charge in [-0.1, -0.05) is 6.92 Å². The van der Waals surface area contributed by atoms with E-state index in [-0.39, 0.29) is 66.1 Å². The van der Waals surface area contributed by atoms with Crippen LogP contribution in [0, 0.1) is 0 Å². The average molecular weight is 678 g/mol. The summed E-state index contributed by atoms with van der Waals surface area (Å²) in [5.41, 5.74) is 0.458. The third-order valence-electron chi connectivity index (χ3n) is 8.32. The lowest BCUT2D eigenvalue weighted by Crippen LogP contribution is -2.61. The molecule has 1 aromatic heterocycles. The molecule has 0 radical (unpaired) electrons. The number of aromatic nitrogens is 2. The number of carboxylic acid groups (broad SMARTS) is 1. The molecule has 2 aromatic carbocycles. The number of carbonyl (C=O) groups is 1. The summed E-state index contributed by atoms with van der Waals surface area (Å²) in [6.45, 7) is 2.69. The van der Waals surface area contributed by atoms with Crippen LogP contribution in [0.1, 0.15) is 65.0 Å². The summed E-state index contributed by atoms with van der Waals surface area (Å²) in [5.74, 6) is -1.26. The fourth-order valence-electron chi connectivity index (χ4n) is 5.94. The standard InChI is InChI=1S/C30H28F9N5O3/c1-2-27(40)14-21(20-13-17(28(31,32)33)3-4-23(20)44(27)26(45)46)25-41-15-24(43-5-7-47-8-6-43)22(42-25)11-16-9-18(29(34,35)36)12-19(10-16)30(37,38)39/h3-4,9-10,12-13,15,21H,2,5-8,11,14,40H2,1H3,(H,45,46). The van der Waals surface area contributed by atoms with Gasteiger partial charge >= 0.3 is 24.6 Å². The van der Waals surface area contributed by atoms with Gasteiger partial charge in [-0.05, 0) is 60.4 Å². The van der Waals surface area contributed by atoms with Crippen molar-refractivity contribution in [3.8, 4) is 0 Å². The predicted octanol–water partition coefficient (Wildman–Crippen LogP) is 7.05. The molecule has 254 valence electrons. The van der Waals surface area contributed by atoms with Crippen molar-refractivity contribution in [2.24, 2.45) is 5.73 Å². The summed E-state index contributed by atoms with van der Waals surface area (Å²) in [6, 6.07) is 3.64. The molecule has 3 heterocycles. The van der Waals surface area contributed by atoms with Crippen LogP contribution in [0.4, 0.5) is 55.7 Å². The van der Waals surface area contributed by atoms with Crippen molar-refractivity contribution in [2.45, 2.75) is 56.3 Å². The third kappa shape index (κ3) is 6.95. The molecule has 0 saturated carbocycles. The monoisotopic (exact) mass is 677 g/mol.